The zero-order valence-corrected chi connectivity index (χ0v) is 17.3. The van der Waals surface area contributed by atoms with Gasteiger partial charge in [0, 0.05) is 50.5 Å². The first kappa shape index (κ1) is 19.9. The second-order valence-electron chi connectivity index (χ2n) is 7.84. The average Bonchev–Trinajstić information content (AvgIpc) is 3.14. The first-order chi connectivity index (χ1) is 14.1. The lowest BCUT2D eigenvalue weighted by Gasteiger charge is -2.27. The number of fused-ring (bicyclic) bond motifs is 1. The molecular formula is C20H29N7O2. The van der Waals surface area contributed by atoms with E-state index in [-0.39, 0.29) is 6.10 Å². The minimum Gasteiger partial charge on any atom is -0.380 e. The van der Waals surface area contributed by atoms with E-state index in [0.29, 0.717) is 19.2 Å². The number of nitrogens with zero attached hydrogens (tertiary/aromatic N) is 6. The van der Waals surface area contributed by atoms with Crippen LogP contribution in [0, 0.1) is 0 Å². The maximum atomic E-state index is 5.61. The van der Waals surface area contributed by atoms with Crippen LogP contribution in [0.3, 0.4) is 0 Å². The van der Waals surface area contributed by atoms with E-state index in [1.165, 1.54) is 0 Å². The van der Waals surface area contributed by atoms with E-state index in [9.17, 15) is 0 Å². The molecule has 0 aliphatic carbocycles. The summed E-state index contributed by atoms with van der Waals surface area (Å²) in [5.74, 6) is 2.44. The molecule has 0 spiro atoms. The fraction of sp³-hybridized carbons (Fsp3) is 0.600. The van der Waals surface area contributed by atoms with Gasteiger partial charge < -0.3 is 24.6 Å². The largest absolute Gasteiger partial charge is 0.380 e. The van der Waals surface area contributed by atoms with E-state index in [4.69, 9.17) is 9.47 Å². The van der Waals surface area contributed by atoms with Crippen molar-refractivity contribution >= 4 is 11.6 Å². The number of nitrogens with one attached hydrogen (secondary N) is 1. The lowest BCUT2D eigenvalue weighted by molar-refractivity contribution is 0.108. The number of anilines is 2. The predicted molar refractivity (Wildman–Crippen MR) is 110 cm³/mol. The third kappa shape index (κ3) is 4.80. The third-order valence-electron chi connectivity index (χ3n) is 5.40. The van der Waals surface area contributed by atoms with Crippen LogP contribution in [0.4, 0.5) is 11.6 Å². The van der Waals surface area contributed by atoms with Gasteiger partial charge in [0.05, 0.1) is 31.6 Å². The van der Waals surface area contributed by atoms with E-state index >= 15 is 0 Å². The number of hydrogen-bond acceptors (Lipinski definition) is 9. The Morgan fingerprint density at radius 1 is 1.31 bits per heavy atom. The van der Waals surface area contributed by atoms with Crippen molar-refractivity contribution in [1.82, 2.24) is 24.8 Å². The Bertz CT molecular complexity index is 832. The third-order valence-corrected chi connectivity index (χ3v) is 5.40. The van der Waals surface area contributed by atoms with Crippen molar-refractivity contribution in [2.75, 3.05) is 51.1 Å². The first-order valence-electron chi connectivity index (χ1n) is 10.0. The average molecular weight is 399 g/mol. The molecule has 2 aromatic heterocycles. The summed E-state index contributed by atoms with van der Waals surface area (Å²) in [5, 5.41) is 3.34. The fourth-order valence-corrected chi connectivity index (χ4v) is 3.95. The summed E-state index contributed by atoms with van der Waals surface area (Å²) in [7, 11) is 5.96. The Hall–Kier alpha value is -2.36. The minimum absolute atomic E-state index is 0.221. The first-order valence-corrected chi connectivity index (χ1v) is 10.0. The SMILES string of the molecule is CO[C@H]1C[C@@H](CN(C)C)N(c2cc(NCc3ncc4c(n3)CCOC4)ncn2)C1. The normalized spacial score (nSPS) is 21.4. The van der Waals surface area contributed by atoms with Crippen molar-refractivity contribution in [1.29, 1.82) is 0 Å². The molecule has 2 aliphatic rings. The maximum absolute atomic E-state index is 5.61. The molecule has 29 heavy (non-hydrogen) atoms. The van der Waals surface area contributed by atoms with Crippen molar-refractivity contribution < 1.29 is 9.47 Å². The van der Waals surface area contributed by atoms with E-state index in [1.807, 2.05) is 12.3 Å². The van der Waals surface area contributed by atoms with Crippen LogP contribution in [0.5, 0.6) is 0 Å². The van der Waals surface area contributed by atoms with E-state index in [0.717, 1.165) is 61.3 Å². The van der Waals surface area contributed by atoms with Gasteiger partial charge in [-0.1, -0.05) is 0 Å². The Labute approximate surface area is 171 Å². The van der Waals surface area contributed by atoms with Gasteiger partial charge in [0.25, 0.3) is 0 Å². The monoisotopic (exact) mass is 399 g/mol. The molecule has 0 radical (unpaired) electrons. The summed E-state index contributed by atoms with van der Waals surface area (Å²) >= 11 is 0. The summed E-state index contributed by atoms with van der Waals surface area (Å²) < 4.78 is 11.1. The molecule has 0 unspecified atom stereocenters. The zero-order chi connectivity index (χ0) is 20.2. The Balaban J connectivity index is 1.44. The second-order valence-corrected chi connectivity index (χ2v) is 7.84. The van der Waals surface area contributed by atoms with Crippen molar-refractivity contribution in [2.24, 2.45) is 0 Å². The minimum atomic E-state index is 0.221. The van der Waals surface area contributed by atoms with Crippen LogP contribution in [0.1, 0.15) is 23.5 Å². The smallest absolute Gasteiger partial charge is 0.147 e. The van der Waals surface area contributed by atoms with E-state index < -0.39 is 0 Å². The lowest BCUT2D eigenvalue weighted by Crippen LogP contribution is -2.38. The van der Waals surface area contributed by atoms with Gasteiger partial charge in [-0.15, -0.1) is 0 Å². The topological polar surface area (TPSA) is 88.5 Å². The Morgan fingerprint density at radius 3 is 3.03 bits per heavy atom. The van der Waals surface area contributed by atoms with Crippen LogP contribution in [0.25, 0.3) is 0 Å². The second kappa shape index (κ2) is 8.98. The molecule has 2 atom stereocenters. The van der Waals surface area contributed by atoms with Gasteiger partial charge in [0.15, 0.2) is 0 Å². The number of aromatic nitrogens is 4. The highest BCUT2D eigenvalue weighted by molar-refractivity contribution is 5.50. The van der Waals surface area contributed by atoms with Crippen LogP contribution in [0.15, 0.2) is 18.6 Å². The molecule has 1 fully saturated rings. The molecule has 1 saturated heterocycles. The molecule has 2 aliphatic heterocycles. The number of ether oxygens (including phenoxy) is 2. The van der Waals surface area contributed by atoms with Crippen LogP contribution in [0.2, 0.25) is 0 Å². The summed E-state index contributed by atoms with van der Waals surface area (Å²) in [6.07, 6.45) is 5.53. The maximum Gasteiger partial charge on any atom is 0.147 e. The molecule has 0 saturated carbocycles. The lowest BCUT2D eigenvalue weighted by atomic mass is 10.1. The fourth-order valence-electron chi connectivity index (χ4n) is 3.95. The van der Waals surface area contributed by atoms with Crippen LogP contribution < -0.4 is 10.2 Å². The predicted octanol–water partition coefficient (Wildman–Crippen LogP) is 1.11. The standard InChI is InChI=1S/C20H29N7O2/c1-26(2)10-15-6-16(28-3)11-27(15)20-7-18(23-13-24-20)22-9-19-21-8-14-12-29-5-4-17(14)25-19/h7-8,13,15-16H,4-6,9-12H2,1-3H3,(H,22,23,24)/t15-,16-/m0/s1. The highest BCUT2D eigenvalue weighted by Crippen LogP contribution is 2.27. The number of methoxy groups -OCH3 is 1. The summed E-state index contributed by atoms with van der Waals surface area (Å²) in [6, 6.07) is 2.36. The molecule has 0 bridgehead atoms. The summed E-state index contributed by atoms with van der Waals surface area (Å²) in [4.78, 5) is 22.5. The van der Waals surface area contributed by atoms with Crippen molar-refractivity contribution in [2.45, 2.75) is 38.1 Å². The van der Waals surface area contributed by atoms with Gasteiger partial charge >= 0.3 is 0 Å². The molecule has 1 N–H and O–H groups in total. The molecular weight excluding hydrogens is 370 g/mol. The molecule has 0 amide bonds. The van der Waals surface area contributed by atoms with E-state index in [2.05, 4.69) is 49.1 Å². The molecule has 156 valence electrons. The molecule has 4 heterocycles. The number of rotatable bonds is 7. The van der Waals surface area contributed by atoms with Gasteiger partial charge in [-0.3, -0.25) is 0 Å². The highest BCUT2D eigenvalue weighted by Gasteiger charge is 2.33. The highest BCUT2D eigenvalue weighted by atomic mass is 16.5. The van der Waals surface area contributed by atoms with Gasteiger partial charge in [-0.25, -0.2) is 19.9 Å². The van der Waals surface area contributed by atoms with Crippen LogP contribution >= 0.6 is 0 Å². The van der Waals surface area contributed by atoms with Crippen molar-refractivity contribution in [3.63, 3.8) is 0 Å². The summed E-state index contributed by atoms with van der Waals surface area (Å²) in [6.45, 7) is 3.64. The molecule has 9 nitrogen and oxygen atoms in total. The number of likely N-dealkylation sites (N-methyl/N-ethyl adjacent to an activating group) is 1. The Kier molecular flexibility index (Phi) is 6.17. The number of hydrogen-bond donors (Lipinski definition) is 1. The molecule has 9 heteroatoms. The molecule has 4 rings (SSSR count). The van der Waals surface area contributed by atoms with Crippen LogP contribution in [-0.4, -0.2) is 77.9 Å². The van der Waals surface area contributed by atoms with Gasteiger partial charge in [0.1, 0.15) is 23.8 Å². The van der Waals surface area contributed by atoms with Crippen LogP contribution in [-0.2, 0) is 29.0 Å². The van der Waals surface area contributed by atoms with Crippen molar-refractivity contribution in [3.8, 4) is 0 Å². The zero-order valence-electron chi connectivity index (χ0n) is 17.3. The quantitative estimate of drug-likeness (QED) is 0.735. The Morgan fingerprint density at radius 2 is 2.21 bits per heavy atom. The summed E-state index contributed by atoms with van der Waals surface area (Å²) in [5.41, 5.74) is 2.17. The molecule has 2 aromatic rings. The van der Waals surface area contributed by atoms with Gasteiger partial charge in [0.2, 0.25) is 0 Å². The van der Waals surface area contributed by atoms with Gasteiger partial charge in [-0.05, 0) is 20.5 Å². The van der Waals surface area contributed by atoms with E-state index in [1.54, 1.807) is 13.4 Å². The van der Waals surface area contributed by atoms with Gasteiger partial charge in [-0.2, -0.15) is 0 Å². The van der Waals surface area contributed by atoms with Crippen molar-refractivity contribution in [3.05, 3.63) is 35.7 Å². The molecule has 0 aromatic carbocycles.